The van der Waals surface area contributed by atoms with Crippen LogP contribution in [0.1, 0.15) is 77.6 Å². The highest BCUT2D eigenvalue weighted by Gasteiger charge is 2.24. The Hall–Kier alpha value is -0.860. The maximum atomic E-state index is 4.99. The van der Waals surface area contributed by atoms with Gasteiger partial charge in [0.1, 0.15) is 0 Å². The zero-order chi connectivity index (χ0) is 19.9. The van der Waals surface area contributed by atoms with Crippen molar-refractivity contribution in [2.75, 3.05) is 0 Å². The summed E-state index contributed by atoms with van der Waals surface area (Å²) in [4.78, 5) is 2.16. The highest BCUT2D eigenvalue weighted by atomic mass is 32.1. The molecule has 0 aromatic heterocycles. The molecule has 0 aliphatic heterocycles. The molecule has 2 rings (SSSR count). The van der Waals surface area contributed by atoms with Gasteiger partial charge in [-0.2, -0.15) is 0 Å². The molecule has 0 amide bonds. The van der Waals surface area contributed by atoms with E-state index in [1.165, 1.54) is 33.4 Å². The van der Waals surface area contributed by atoms with E-state index in [4.69, 9.17) is 25.3 Å². The van der Waals surface area contributed by atoms with Crippen LogP contribution in [0.5, 0.6) is 0 Å². The lowest BCUT2D eigenvalue weighted by Crippen LogP contribution is -2.15. The Bertz CT molecular complexity index is 733. The molecule has 0 radical (unpaired) electrons. The zero-order valence-corrected chi connectivity index (χ0v) is 19.4. The molecular formula is C24H34S2. The Morgan fingerprint density at radius 3 is 1.15 bits per heavy atom. The van der Waals surface area contributed by atoms with Crippen LogP contribution >= 0.6 is 25.3 Å². The summed E-state index contributed by atoms with van der Waals surface area (Å²) in [6.07, 6.45) is 2.04. The third kappa shape index (κ3) is 4.34. The van der Waals surface area contributed by atoms with Crippen molar-refractivity contribution in [2.45, 2.75) is 88.9 Å². The van der Waals surface area contributed by atoms with Crippen LogP contribution in [0.4, 0.5) is 0 Å². The Morgan fingerprint density at radius 2 is 0.923 bits per heavy atom. The SMILES string of the molecule is CCc1cc(-c2cc(CC)cc(C(C)(C)C)c2S)c(S)c(C(C)(C)C)c1. The van der Waals surface area contributed by atoms with Gasteiger partial charge in [-0.05, 0) is 69.2 Å². The molecule has 0 unspecified atom stereocenters. The largest absolute Gasteiger partial charge is 0.142 e. The summed E-state index contributed by atoms with van der Waals surface area (Å²) in [6, 6.07) is 9.24. The van der Waals surface area contributed by atoms with Gasteiger partial charge in [-0.1, -0.05) is 67.5 Å². The van der Waals surface area contributed by atoms with Gasteiger partial charge in [-0.15, -0.1) is 25.3 Å². The molecule has 0 spiro atoms. The van der Waals surface area contributed by atoms with Crippen LogP contribution in [0.2, 0.25) is 0 Å². The second kappa shape index (κ2) is 7.64. The highest BCUT2D eigenvalue weighted by Crippen LogP contribution is 2.42. The lowest BCUT2D eigenvalue weighted by atomic mass is 9.81. The van der Waals surface area contributed by atoms with Gasteiger partial charge in [-0.3, -0.25) is 0 Å². The van der Waals surface area contributed by atoms with Crippen LogP contribution in [0.15, 0.2) is 34.1 Å². The highest BCUT2D eigenvalue weighted by molar-refractivity contribution is 7.81. The molecule has 142 valence electrons. The van der Waals surface area contributed by atoms with Crippen molar-refractivity contribution in [3.63, 3.8) is 0 Å². The van der Waals surface area contributed by atoms with E-state index >= 15 is 0 Å². The molecule has 0 nitrogen and oxygen atoms in total. The number of aryl methyl sites for hydroxylation is 2. The Labute approximate surface area is 171 Å². The molecular weight excluding hydrogens is 352 g/mol. The van der Waals surface area contributed by atoms with Gasteiger partial charge >= 0.3 is 0 Å². The molecule has 0 heterocycles. The normalized spacial score (nSPS) is 12.5. The molecule has 0 N–H and O–H groups in total. The van der Waals surface area contributed by atoms with E-state index in [-0.39, 0.29) is 10.8 Å². The van der Waals surface area contributed by atoms with E-state index in [0.717, 1.165) is 22.6 Å². The van der Waals surface area contributed by atoms with E-state index in [1.54, 1.807) is 0 Å². The predicted molar refractivity (Wildman–Crippen MR) is 123 cm³/mol. The number of hydrogen-bond acceptors (Lipinski definition) is 2. The van der Waals surface area contributed by atoms with Crippen LogP contribution in [0.3, 0.4) is 0 Å². The first-order valence-electron chi connectivity index (χ1n) is 9.63. The summed E-state index contributed by atoms with van der Waals surface area (Å²) in [6.45, 7) is 18.0. The number of rotatable bonds is 3. The van der Waals surface area contributed by atoms with Crippen LogP contribution in [-0.4, -0.2) is 0 Å². The fourth-order valence-corrected chi connectivity index (χ4v) is 4.52. The van der Waals surface area contributed by atoms with Gasteiger partial charge in [-0.25, -0.2) is 0 Å². The first-order chi connectivity index (χ1) is 11.9. The molecule has 0 aliphatic rings. The van der Waals surface area contributed by atoms with Crippen molar-refractivity contribution in [3.05, 3.63) is 46.5 Å². The third-order valence-corrected chi connectivity index (χ3v) is 6.03. The molecule has 0 saturated heterocycles. The summed E-state index contributed by atoms with van der Waals surface area (Å²) in [5.41, 5.74) is 7.87. The van der Waals surface area contributed by atoms with Crippen molar-refractivity contribution >= 4 is 25.3 Å². The molecule has 2 aromatic rings. The molecule has 0 atom stereocenters. The standard InChI is InChI=1S/C24H34S2/c1-9-15-11-17(21(25)19(13-15)23(3,4)5)18-12-16(10-2)14-20(22(18)26)24(6,7)8/h11-14,25-26H,9-10H2,1-8H3. The van der Waals surface area contributed by atoms with Crippen molar-refractivity contribution in [2.24, 2.45) is 0 Å². The average Bonchev–Trinajstić information content (AvgIpc) is 2.53. The smallest absolute Gasteiger partial charge is 0.0157 e. The topological polar surface area (TPSA) is 0 Å². The summed E-state index contributed by atoms with van der Waals surface area (Å²) >= 11 is 9.97. The molecule has 2 heteroatoms. The maximum Gasteiger partial charge on any atom is 0.0157 e. The zero-order valence-electron chi connectivity index (χ0n) is 17.6. The van der Waals surface area contributed by atoms with E-state index in [2.05, 4.69) is 79.7 Å². The van der Waals surface area contributed by atoms with Gasteiger partial charge in [0.25, 0.3) is 0 Å². The molecule has 0 bridgehead atoms. The second-order valence-electron chi connectivity index (χ2n) is 9.29. The predicted octanol–water partition coefficient (Wildman–Crippen LogP) is 7.65. The minimum absolute atomic E-state index is 0.0585. The Balaban J connectivity index is 2.88. The minimum Gasteiger partial charge on any atom is -0.142 e. The van der Waals surface area contributed by atoms with E-state index in [0.29, 0.717) is 0 Å². The van der Waals surface area contributed by atoms with Gasteiger partial charge in [0.15, 0.2) is 0 Å². The fourth-order valence-electron chi connectivity index (χ4n) is 3.35. The van der Waals surface area contributed by atoms with E-state index < -0.39 is 0 Å². The molecule has 0 fully saturated rings. The summed E-state index contributed by atoms with van der Waals surface area (Å²) in [5, 5.41) is 0. The molecule has 26 heavy (non-hydrogen) atoms. The number of benzene rings is 2. The quantitative estimate of drug-likeness (QED) is 0.497. The van der Waals surface area contributed by atoms with E-state index in [9.17, 15) is 0 Å². The monoisotopic (exact) mass is 386 g/mol. The fraction of sp³-hybridized carbons (Fsp3) is 0.500. The second-order valence-corrected chi connectivity index (χ2v) is 10.2. The third-order valence-electron chi connectivity index (χ3n) is 5.06. The number of thiol groups is 2. The number of hydrogen-bond donors (Lipinski definition) is 2. The summed E-state index contributed by atoms with van der Waals surface area (Å²) in [5.74, 6) is 0. The first kappa shape index (κ1) is 21.4. The Kier molecular flexibility index (Phi) is 6.30. The van der Waals surface area contributed by atoms with Crippen molar-refractivity contribution in [1.29, 1.82) is 0 Å². The maximum absolute atomic E-state index is 4.99. The summed E-state index contributed by atoms with van der Waals surface area (Å²) < 4.78 is 0. The van der Waals surface area contributed by atoms with Crippen LogP contribution < -0.4 is 0 Å². The van der Waals surface area contributed by atoms with Crippen molar-refractivity contribution < 1.29 is 0 Å². The van der Waals surface area contributed by atoms with Gasteiger partial charge in [0.05, 0.1) is 0 Å². The molecule has 0 saturated carbocycles. The van der Waals surface area contributed by atoms with Gasteiger partial charge in [0.2, 0.25) is 0 Å². The molecule has 2 aromatic carbocycles. The molecule has 0 aliphatic carbocycles. The van der Waals surface area contributed by atoms with Crippen molar-refractivity contribution in [1.82, 2.24) is 0 Å². The van der Waals surface area contributed by atoms with Crippen LogP contribution in [-0.2, 0) is 23.7 Å². The van der Waals surface area contributed by atoms with Crippen LogP contribution in [0, 0.1) is 0 Å². The minimum atomic E-state index is 0.0585. The average molecular weight is 387 g/mol. The lowest BCUT2D eigenvalue weighted by Gasteiger charge is -2.27. The van der Waals surface area contributed by atoms with Gasteiger partial charge < -0.3 is 0 Å². The lowest BCUT2D eigenvalue weighted by molar-refractivity contribution is 0.575. The first-order valence-corrected chi connectivity index (χ1v) is 10.5. The summed E-state index contributed by atoms with van der Waals surface area (Å²) in [7, 11) is 0. The van der Waals surface area contributed by atoms with E-state index in [1.807, 2.05) is 0 Å². The Morgan fingerprint density at radius 1 is 0.615 bits per heavy atom. The van der Waals surface area contributed by atoms with Crippen molar-refractivity contribution in [3.8, 4) is 11.1 Å². The van der Waals surface area contributed by atoms with Crippen LogP contribution in [0.25, 0.3) is 11.1 Å². The van der Waals surface area contributed by atoms with Gasteiger partial charge in [0, 0.05) is 9.79 Å².